The molecule has 18 heavy (non-hydrogen) atoms. The predicted octanol–water partition coefficient (Wildman–Crippen LogP) is 1.56. The number of rotatable bonds is 5. The molecule has 0 aliphatic heterocycles. The number of nitrogens with one attached hydrogen (secondary N) is 1. The second kappa shape index (κ2) is 5.26. The highest BCUT2D eigenvalue weighted by molar-refractivity contribution is 4.94. The van der Waals surface area contributed by atoms with Gasteiger partial charge in [-0.1, -0.05) is 24.2 Å². The van der Waals surface area contributed by atoms with Gasteiger partial charge in [0.2, 0.25) is 11.8 Å². The van der Waals surface area contributed by atoms with Gasteiger partial charge in [-0.3, -0.25) is 5.32 Å². The van der Waals surface area contributed by atoms with Crippen molar-refractivity contribution in [1.82, 2.24) is 25.6 Å². The molecule has 0 saturated heterocycles. The van der Waals surface area contributed by atoms with E-state index in [1.807, 2.05) is 0 Å². The number of aromatic nitrogens is 4. The SMILES string of the molecule is Cc1noc(CNC(c2nc(C)no2)C(C)C)n1. The van der Waals surface area contributed by atoms with Crippen LogP contribution in [-0.4, -0.2) is 20.3 Å². The summed E-state index contributed by atoms with van der Waals surface area (Å²) in [5, 5.41) is 10.8. The largest absolute Gasteiger partial charge is 0.338 e. The maximum atomic E-state index is 5.19. The maximum Gasteiger partial charge on any atom is 0.244 e. The molecule has 0 saturated carbocycles. The van der Waals surface area contributed by atoms with Crippen LogP contribution in [-0.2, 0) is 6.54 Å². The van der Waals surface area contributed by atoms with Gasteiger partial charge in [-0.15, -0.1) is 0 Å². The van der Waals surface area contributed by atoms with Crippen LogP contribution in [0.2, 0.25) is 0 Å². The van der Waals surface area contributed by atoms with Gasteiger partial charge in [0.05, 0.1) is 12.6 Å². The second-order valence-corrected chi connectivity index (χ2v) is 4.52. The van der Waals surface area contributed by atoms with E-state index >= 15 is 0 Å². The first-order valence-corrected chi connectivity index (χ1v) is 5.89. The Kier molecular flexibility index (Phi) is 3.71. The van der Waals surface area contributed by atoms with Crippen molar-refractivity contribution >= 4 is 0 Å². The summed E-state index contributed by atoms with van der Waals surface area (Å²) in [6.07, 6.45) is 0. The molecular formula is C11H17N5O2. The molecule has 2 heterocycles. The molecule has 0 spiro atoms. The van der Waals surface area contributed by atoms with Crippen molar-refractivity contribution < 1.29 is 9.05 Å². The van der Waals surface area contributed by atoms with Crippen molar-refractivity contribution in [1.29, 1.82) is 0 Å². The van der Waals surface area contributed by atoms with E-state index in [1.165, 1.54) is 0 Å². The third-order valence-electron chi connectivity index (χ3n) is 2.52. The highest BCUT2D eigenvalue weighted by atomic mass is 16.5. The summed E-state index contributed by atoms with van der Waals surface area (Å²) in [5.41, 5.74) is 0. The highest BCUT2D eigenvalue weighted by Crippen LogP contribution is 2.20. The van der Waals surface area contributed by atoms with Crippen LogP contribution in [0.15, 0.2) is 9.05 Å². The minimum atomic E-state index is -0.0293. The lowest BCUT2D eigenvalue weighted by molar-refractivity contribution is 0.274. The molecule has 2 aromatic rings. The minimum Gasteiger partial charge on any atom is -0.338 e. The number of hydrogen-bond donors (Lipinski definition) is 1. The van der Waals surface area contributed by atoms with E-state index < -0.39 is 0 Å². The van der Waals surface area contributed by atoms with E-state index in [4.69, 9.17) is 9.05 Å². The first-order valence-electron chi connectivity index (χ1n) is 5.89. The normalized spacial score (nSPS) is 13.2. The van der Waals surface area contributed by atoms with E-state index in [1.54, 1.807) is 13.8 Å². The summed E-state index contributed by atoms with van der Waals surface area (Å²) >= 11 is 0. The van der Waals surface area contributed by atoms with E-state index in [0.717, 1.165) is 0 Å². The molecule has 98 valence electrons. The molecule has 0 amide bonds. The van der Waals surface area contributed by atoms with Crippen LogP contribution in [0.1, 0.15) is 43.3 Å². The fourth-order valence-electron chi connectivity index (χ4n) is 1.66. The van der Waals surface area contributed by atoms with E-state index in [9.17, 15) is 0 Å². The maximum absolute atomic E-state index is 5.19. The molecule has 0 aliphatic rings. The molecule has 7 nitrogen and oxygen atoms in total. The summed E-state index contributed by atoms with van der Waals surface area (Å²) < 4.78 is 10.2. The molecule has 0 fully saturated rings. The average Bonchev–Trinajstić information content (AvgIpc) is 2.88. The molecule has 1 unspecified atom stereocenters. The lowest BCUT2D eigenvalue weighted by Gasteiger charge is -2.17. The van der Waals surface area contributed by atoms with E-state index in [2.05, 4.69) is 39.4 Å². The molecule has 1 N–H and O–H groups in total. The van der Waals surface area contributed by atoms with Gasteiger partial charge in [0.1, 0.15) is 0 Å². The summed E-state index contributed by atoms with van der Waals surface area (Å²) in [5.74, 6) is 2.70. The van der Waals surface area contributed by atoms with E-state index in [0.29, 0.717) is 35.9 Å². The first-order chi connectivity index (χ1) is 8.56. The van der Waals surface area contributed by atoms with E-state index in [-0.39, 0.29) is 6.04 Å². The molecule has 2 aromatic heterocycles. The molecule has 0 radical (unpaired) electrons. The van der Waals surface area contributed by atoms with Crippen LogP contribution in [0.3, 0.4) is 0 Å². The Morgan fingerprint density at radius 3 is 2.22 bits per heavy atom. The zero-order chi connectivity index (χ0) is 13.1. The Morgan fingerprint density at radius 1 is 1.06 bits per heavy atom. The molecular weight excluding hydrogens is 234 g/mol. The summed E-state index contributed by atoms with van der Waals surface area (Å²) in [6.45, 7) is 8.22. The Labute approximate surface area is 105 Å². The van der Waals surface area contributed by atoms with Gasteiger partial charge in [0.25, 0.3) is 0 Å². The Bertz CT molecular complexity index is 505. The van der Waals surface area contributed by atoms with Crippen LogP contribution < -0.4 is 5.32 Å². The number of aryl methyl sites for hydroxylation is 2. The van der Waals surface area contributed by atoms with Crippen LogP contribution in [0.5, 0.6) is 0 Å². The number of nitrogens with zero attached hydrogens (tertiary/aromatic N) is 4. The first kappa shape index (κ1) is 12.7. The van der Waals surface area contributed by atoms with Gasteiger partial charge in [-0.25, -0.2) is 0 Å². The summed E-state index contributed by atoms with van der Waals surface area (Å²) in [4.78, 5) is 8.38. The minimum absolute atomic E-state index is 0.0293. The van der Waals surface area contributed by atoms with Crippen molar-refractivity contribution in [2.24, 2.45) is 5.92 Å². The van der Waals surface area contributed by atoms with Gasteiger partial charge in [-0.2, -0.15) is 9.97 Å². The Morgan fingerprint density at radius 2 is 1.72 bits per heavy atom. The van der Waals surface area contributed by atoms with Gasteiger partial charge in [0, 0.05) is 0 Å². The van der Waals surface area contributed by atoms with Crippen LogP contribution in [0.25, 0.3) is 0 Å². The fourth-order valence-corrected chi connectivity index (χ4v) is 1.66. The predicted molar refractivity (Wildman–Crippen MR) is 62.5 cm³/mol. The summed E-state index contributed by atoms with van der Waals surface area (Å²) in [6, 6.07) is -0.0293. The second-order valence-electron chi connectivity index (χ2n) is 4.52. The van der Waals surface area contributed by atoms with Gasteiger partial charge in [0.15, 0.2) is 11.6 Å². The third-order valence-corrected chi connectivity index (χ3v) is 2.52. The van der Waals surface area contributed by atoms with Crippen molar-refractivity contribution in [3.63, 3.8) is 0 Å². The quantitative estimate of drug-likeness (QED) is 0.862. The molecule has 1 atom stereocenters. The van der Waals surface area contributed by atoms with Crippen molar-refractivity contribution in [3.8, 4) is 0 Å². The van der Waals surface area contributed by atoms with Gasteiger partial charge < -0.3 is 9.05 Å². The average molecular weight is 251 g/mol. The lowest BCUT2D eigenvalue weighted by Crippen LogP contribution is -2.25. The molecule has 7 heteroatoms. The van der Waals surface area contributed by atoms with Crippen LogP contribution >= 0.6 is 0 Å². The summed E-state index contributed by atoms with van der Waals surface area (Å²) in [7, 11) is 0. The fraction of sp³-hybridized carbons (Fsp3) is 0.636. The molecule has 0 aromatic carbocycles. The Balaban J connectivity index is 2.03. The van der Waals surface area contributed by atoms with Crippen LogP contribution in [0.4, 0.5) is 0 Å². The molecule has 0 aliphatic carbocycles. The van der Waals surface area contributed by atoms with Crippen molar-refractivity contribution in [2.45, 2.75) is 40.3 Å². The zero-order valence-electron chi connectivity index (χ0n) is 11.0. The smallest absolute Gasteiger partial charge is 0.244 e. The monoisotopic (exact) mass is 251 g/mol. The van der Waals surface area contributed by atoms with Crippen LogP contribution in [0, 0.1) is 19.8 Å². The highest BCUT2D eigenvalue weighted by Gasteiger charge is 2.22. The van der Waals surface area contributed by atoms with Crippen molar-refractivity contribution in [2.75, 3.05) is 0 Å². The topological polar surface area (TPSA) is 89.9 Å². The van der Waals surface area contributed by atoms with Crippen molar-refractivity contribution in [3.05, 3.63) is 23.4 Å². The molecule has 2 rings (SSSR count). The molecule has 0 bridgehead atoms. The Hall–Kier alpha value is -1.76. The van der Waals surface area contributed by atoms with Gasteiger partial charge in [-0.05, 0) is 19.8 Å². The lowest BCUT2D eigenvalue weighted by atomic mass is 10.0. The standard InChI is InChI=1S/C11H17N5O2/c1-6(2)10(11-14-8(4)16-18-11)12-5-9-13-7(3)15-17-9/h6,10,12H,5H2,1-4H3. The zero-order valence-corrected chi connectivity index (χ0v) is 11.0. The van der Waals surface area contributed by atoms with Gasteiger partial charge >= 0.3 is 0 Å². The third kappa shape index (κ3) is 2.92. The number of hydrogen-bond acceptors (Lipinski definition) is 7.